The van der Waals surface area contributed by atoms with Gasteiger partial charge in [-0.1, -0.05) is 0 Å². The van der Waals surface area contributed by atoms with Gasteiger partial charge in [0, 0.05) is 24.3 Å². The van der Waals surface area contributed by atoms with E-state index in [1.807, 2.05) is 25.1 Å². The summed E-state index contributed by atoms with van der Waals surface area (Å²) in [6.07, 6.45) is -0.515. The third kappa shape index (κ3) is 3.24. The fourth-order valence-corrected chi connectivity index (χ4v) is 2.03. The smallest absolute Gasteiger partial charge is 0.254 e. The first kappa shape index (κ1) is 13.4. The molecule has 0 spiro atoms. The van der Waals surface area contributed by atoms with Crippen LogP contribution < -0.4 is 5.32 Å². The standard InChI is InChI=1S/C14H17N3O2/c1-2-16-12-5-3-11(4-6-12)14(18)17-7-8-19-13(9-15)10-17/h3-6,13,16H,2,7-8,10H2,1H3. The fraction of sp³-hybridized carbons (Fsp3) is 0.429. The number of benzene rings is 1. The number of carbonyl (C=O) groups excluding carboxylic acids is 1. The second kappa shape index (κ2) is 6.21. The van der Waals surface area contributed by atoms with E-state index in [1.54, 1.807) is 17.0 Å². The maximum atomic E-state index is 12.3. The van der Waals surface area contributed by atoms with E-state index < -0.39 is 6.10 Å². The highest BCUT2D eigenvalue weighted by Crippen LogP contribution is 2.13. The summed E-state index contributed by atoms with van der Waals surface area (Å²) >= 11 is 0. The van der Waals surface area contributed by atoms with Gasteiger partial charge in [-0.15, -0.1) is 0 Å². The first-order chi connectivity index (χ1) is 9.24. The number of amides is 1. The molecule has 5 nitrogen and oxygen atoms in total. The number of ether oxygens (including phenoxy) is 1. The molecule has 1 amide bonds. The van der Waals surface area contributed by atoms with Crippen molar-refractivity contribution in [3.8, 4) is 6.07 Å². The number of nitriles is 1. The van der Waals surface area contributed by atoms with Gasteiger partial charge in [-0.3, -0.25) is 4.79 Å². The van der Waals surface area contributed by atoms with Crippen molar-refractivity contribution >= 4 is 11.6 Å². The molecule has 1 heterocycles. The second-order valence-corrected chi connectivity index (χ2v) is 4.35. The summed E-state index contributed by atoms with van der Waals surface area (Å²) in [5.41, 5.74) is 1.64. The fourth-order valence-electron chi connectivity index (χ4n) is 2.03. The van der Waals surface area contributed by atoms with Gasteiger partial charge in [-0.05, 0) is 31.2 Å². The van der Waals surface area contributed by atoms with Crippen molar-refractivity contribution in [2.75, 3.05) is 31.6 Å². The summed E-state index contributed by atoms with van der Waals surface area (Å²) in [4.78, 5) is 13.9. The van der Waals surface area contributed by atoms with Gasteiger partial charge >= 0.3 is 0 Å². The monoisotopic (exact) mass is 259 g/mol. The summed E-state index contributed by atoms with van der Waals surface area (Å²) in [6.45, 7) is 4.16. The van der Waals surface area contributed by atoms with Crippen molar-refractivity contribution in [2.45, 2.75) is 13.0 Å². The zero-order valence-corrected chi connectivity index (χ0v) is 10.9. The van der Waals surface area contributed by atoms with Crippen molar-refractivity contribution < 1.29 is 9.53 Å². The Morgan fingerprint density at radius 3 is 2.89 bits per heavy atom. The highest BCUT2D eigenvalue weighted by Gasteiger charge is 2.24. The van der Waals surface area contributed by atoms with Crippen LogP contribution in [0.5, 0.6) is 0 Å². The Labute approximate surface area is 112 Å². The van der Waals surface area contributed by atoms with Crippen LogP contribution in [0.2, 0.25) is 0 Å². The highest BCUT2D eigenvalue weighted by molar-refractivity contribution is 5.94. The maximum Gasteiger partial charge on any atom is 0.254 e. The molecular formula is C14H17N3O2. The minimum atomic E-state index is -0.515. The molecule has 1 atom stereocenters. The zero-order valence-electron chi connectivity index (χ0n) is 10.9. The Morgan fingerprint density at radius 1 is 1.53 bits per heavy atom. The normalized spacial score (nSPS) is 18.7. The lowest BCUT2D eigenvalue weighted by Crippen LogP contribution is -2.45. The molecule has 0 aromatic heterocycles. The first-order valence-electron chi connectivity index (χ1n) is 6.39. The van der Waals surface area contributed by atoms with Crippen LogP contribution in [0.25, 0.3) is 0 Å². The molecule has 0 radical (unpaired) electrons. The number of anilines is 1. The molecule has 1 aromatic rings. The summed E-state index contributed by atoms with van der Waals surface area (Å²) in [7, 11) is 0. The van der Waals surface area contributed by atoms with Crippen molar-refractivity contribution in [3.63, 3.8) is 0 Å². The van der Waals surface area contributed by atoms with Gasteiger partial charge in [0.2, 0.25) is 0 Å². The van der Waals surface area contributed by atoms with Gasteiger partial charge in [0.25, 0.3) is 5.91 Å². The molecule has 5 heteroatoms. The van der Waals surface area contributed by atoms with Gasteiger partial charge < -0.3 is 15.0 Å². The van der Waals surface area contributed by atoms with Crippen molar-refractivity contribution in [1.82, 2.24) is 4.90 Å². The van der Waals surface area contributed by atoms with Crippen molar-refractivity contribution in [1.29, 1.82) is 5.26 Å². The quantitative estimate of drug-likeness (QED) is 0.893. The Hall–Kier alpha value is -2.06. The lowest BCUT2D eigenvalue weighted by atomic mass is 10.1. The van der Waals surface area contributed by atoms with Crippen molar-refractivity contribution in [3.05, 3.63) is 29.8 Å². The predicted octanol–water partition coefficient (Wildman–Crippen LogP) is 1.48. The minimum absolute atomic E-state index is 0.0494. The third-order valence-electron chi connectivity index (χ3n) is 3.01. The molecule has 0 bridgehead atoms. The Kier molecular flexibility index (Phi) is 4.37. The van der Waals surface area contributed by atoms with E-state index in [1.165, 1.54) is 0 Å². The predicted molar refractivity (Wildman–Crippen MR) is 71.9 cm³/mol. The number of nitrogens with one attached hydrogen (secondary N) is 1. The molecule has 0 saturated carbocycles. The summed E-state index contributed by atoms with van der Waals surface area (Å²) < 4.78 is 5.23. The van der Waals surface area contributed by atoms with Crippen LogP contribution in [-0.4, -0.2) is 43.2 Å². The van der Waals surface area contributed by atoms with E-state index >= 15 is 0 Å². The zero-order chi connectivity index (χ0) is 13.7. The van der Waals surface area contributed by atoms with Gasteiger partial charge in [-0.2, -0.15) is 5.26 Å². The summed E-state index contributed by atoms with van der Waals surface area (Å²) in [6, 6.07) is 9.42. The number of nitrogens with zero attached hydrogens (tertiary/aromatic N) is 2. The van der Waals surface area contributed by atoms with Crippen LogP contribution >= 0.6 is 0 Å². The molecule has 0 aliphatic carbocycles. The van der Waals surface area contributed by atoms with Gasteiger partial charge in [-0.25, -0.2) is 0 Å². The van der Waals surface area contributed by atoms with Gasteiger partial charge in [0.05, 0.1) is 19.2 Å². The lowest BCUT2D eigenvalue weighted by Gasteiger charge is -2.29. The van der Waals surface area contributed by atoms with Crippen LogP contribution in [0.1, 0.15) is 17.3 Å². The van der Waals surface area contributed by atoms with E-state index in [0.29, 0.717) is 25.3 Å². The average Bonchev–Trinajstić information content (AvgIpc) is 2.48. The van der Waals surface area contributed by atoms with E-state index in [2.05, 4.69) is 5.32 Å². The SMILES string of the molecule is CCNc1ccc(C(=O)N2CCOC(C#N)C2)cc1. The second-order valence-electron chi connectivity index (χ2n) is 4.35. The van der Waals surface area contributed by atoms with Crippen LogP contribution in [0.15, 0.2) is 24.3 Å². The number of carbonyl (C=O) groups is 1. The van der Waals surface area contributed by atoms with E-state index in [9.17, 15) is 4.79 Å². The number of hydrogen-bond donors (Lipinski definition) is 1. The van der Waals surface area contributed by atoms with Crippen molar-refractivity contribution in [2.24, 2.45) is 0 Å². The minimum Gasteiger partial charge on any atom is -0.385 e. The molecule has 1 aromatic carbocycles. The topological polar surface area (TPSA) is 65.4 Å². The molecule has 1 aliphatic heterocycles. The molecule has 2 rings (SSSR count). The Morgan fingerprint density at radius 2 is 2.26 bits per heavy atom. The number of rotatable bonds is 3. The summed E-state index contributed by atoms with van der Waals surface area (Å²) in [5.74, 6) is -0.0494. The molecule has 1 unspecified atom stereocenters. The molecule has 1 aliphatic rings. The van der Waals surface area contributed by atoms with Crippen LogP contribution in [0, 0.1) is 11.3 Å². The van der Waals surface area contributed by atoms with Crippen LogP contribution in [0.3, 0.4) is 0 Å². The van der Waals surface area contributed by atoms with E-state index in [4.69, 9.17) is 10.00 Å². The van der Waals surface area contributed by atoms with Gasteiger partial charge in [0.15, 0.2) is 6.10 Å². The Balaban J connectivity index is 2.04. The van der Waals surface area contributed by atoms with Crippen LogP contribution in [0.4, 0.5) is 5.69 Å². The van der Waals surface area contributed by atoms with E-state index in [0.717, 1.165) is 12.2 Å². The lowest BCUT2D eigenvalue weighted by molar-refractivity contribution is 0.00347. The molecule has 1 saturated heterocycles. The molecular weight excluding hydrogens is 242 g/mol. The van der Waals surface area contributed by atoms with Gasteiger partial charge in [0.1, 0.15) is 0 Å². The third-order valence-corrected chi connectivity index (χ3v) is 3.01. The Bertz CT molecular complexity index is 478. The number of hydrogen-bond acceptors (Lipinski definition) is 4. The van der Waals surface area contributed by atoms with Crippen LogP contribution in [-0.2, 0) is 4.74 Å². The summed E-state index contributed by atoms with van der Waals surface area (Å²) in [5, 5.41) is 12.0. The molecule has 100 valence electrons. The largest absolute Gasteiger partial charge is 0.385 e. The maximum absolute atomic E-state index is 12.3. The average molecular weight is 259 g/mol. The first-order valence-corrected chi connectivity index (χ1v) is 6.39. The highest BCUT2D eigenvalue weighted by atomic mass is 16.5. The molecule has 19 heavy (non-hydrogen) atoms. The van der Waals surface area contributed by atoms with E-state index in [-0.39, 0.29) is 5.91 Å². The molecule has 1 fully saturated rings. The number of morpholine rings is 1. The molecule has 1 N–H and O–H groups in total.